The quantitative estimate of drug-likeness (QED) is 0.411. The molecule has 0 saturated carbocycles. The Morgan fingerprint density at radius 3 is 2.67 bits per heavy atom. The average molecular weight is 390 g/mol. The van der Waals surface area contributed by atoms with Gasteiger partial charge >= 0.3 is 5.97 Å². The van der Waals surface area contributed by atoms with Gasteiger partial charge in [-0.05, 0) is 42.8 Å². The Morgan fingerprint density at radius 1 is 1.26 bits per heavy atom. The third kappa shape index (κ3) is 6.10. The Morgan fingerprint density at radius 2 is 2.00 bits per heavy atom. The molecule has 2 N–H and O–H groups in total. The molecule has 0 radical (unpaired) electrons. The summed E-state index contributed by atoms with van der Waals surface area (Å²) in [5.74, 6) is -1.23. The zero-order valence-electron chi connectivity index (χ0n) is 14.9. The minimum atomic E-state index is -0.974. The minimum Gasteiger partial charge on any atom is -0.496 e. The summed E-state index contributed by atoms with van der Waals surface area (Å²) < 4.78 is 18.7. The first-order valence-electron chi connectivity index (χ1n) is 8.00. The van der Waals surface area contributed by atoms with Crippen LogP contribution in [-0.4, -0.2) is 35.6 Å². The average Bonchev–Trinajstić information content (AvgIpc) is 2.65. The molecule has 8 heteroatoms. The van der Waals surface area contributed by atoms with Crippen LogP contribution in [0, 0.1) is 5.82 Å². The van der Waals surface area contributed by atoms with Crippen molar-refractivity contribution in [2.24, 2.45) is 5.10 Å². The van der Waals surface area contributed by atoms with Crippen molar-refractivity contribution in [2.75, 3.05) is 12.9 Å². The Hall–Kier alpha value is -2.87. The lowest BCUT2D eigenvalue weighted by atomic mass is 10.0. The highest BCUT2D eigenvalue weighted by Crippen LogP contribution is 2.22. The van der Waals surface area contributed by atoms with Crippen molar-refractivity contribution in [1.29, 1.82) is 0 Å². The van der Waals surface area contributed by atoms with Crippen LogP contribution in [0.25, 0.3) is 0 Å². The van der Waals surface area contributed by atoms with Crippen LogP contribution in [0.5, 0.6) is 5.75 Å². The third-order valence-electron chi connectivity index (χ3n) is 3.58. The maximum absolute atomic E-state index is 13.5. The highest BCUT2D eigenvalue weighted by atomic mass is 32.2. The van der Waals surface area contributed by atoms with Gasteiger partial charge in [-0.1, -0.05) is 12.1 Å². The number of thioether (sulfide) groups is 1. The van der Waals surface area contributed by atoms with E-state index in [1.54, 1.807) is 43.3 Å². The number of carboxylic acid groups (broad SMARTS) is 1. The molecular formula is C19H19FN2O4S. The van der Waals surface area contributed by atoms with E-state index in [1.165, 1.54) is 13.2 Å². The van der Waals surface area contributed by atoms with Crippen molar-refractivity contribution < 1.29 is 23.8 Å². The van der Waals surface area contributed by atoms with E-state index in [4.69, 9.17) is 9.84 Å². The van der Waals surface area contributed by atoms with Crippen LogP contribution in [0.3, 0.4) is 0 Å². The number of hydrogen-bond donors (Lipinski definition) is 2. The number of carbonyl (C=O) groups is 2. The van der Waals surface area contributed by atoms with Gasteiger partial charge in [0.05, 0.1) is 25.0 Å². The number of amides is 1. The number of nitrogens with zero attached hydrogens (tertiary/aromatic N) is 1. The molecule has 0 atom stereocenters. The van der Waals surface area contributed by atoms with E-state index in [2.05, 4.69) is 10.5 Å². The molecule has 0 unspecified atom stereocenters. The lowest BCUT2D eigenvalue weighted by molar-refractivity contribution is -0.136. The zero-order valence-corrected chi connectivity index (χ0v) is 15.7. The molecule has 0 spiro atoms. The molecule has 2 rings (SSSR count). The first kappa shape index (κ1) is 20.4. The summed E-state index contributed by atoms with van der Waals surface area (Å²) in [6.45, 7) is 1.69. The van der Waals surface area contributed by atoms with Gasteiger partial charge in [-0.25, -0.2) is 9.82 Å². The van der Waals surface area contributed by atoms with Gasteiger partial charge in [-0.2, -0.15) is 5.10 Å². The van der Waals surface area contributed by atoms with Crippen LogP contribution in [0.1, 0.15) is 18.1 Å². The minimum absolute atomic E-state index is 0.0184. The topological polar surface area (TPSA) is 88.0 Å². The van der Waals surface area contributed by atoms with E-state index in [1.807, 2.05) is 0 Å². The van der Waals surface area contributed by atoms with E-state index in [9.17, 15) is 14.0 Å². The molecule has 6 nitrogen and oxygen atoms in total. The second-order valence-electron chi connectivity index (χ2n) is 5.55. The molecule has 1 amide bonds. The predicted molar refractivity (Wildman–Crippen MR) is 102 cm³/mol. The second-order valence-corrected chi connectivity index (χ2v) is 6.57. The fourth-order valence-corrected chi connectivity index (χ4v) is 2.98. The lowest BCUT2D eigenvalue weighted by Gasteiger charge is -2.09. The SMILES string of the molecule is COc1ccc(/C(C)=N\NC(=O)CSc2ccccc2F)cc1CC(=O)O. The second kappa shape index (κ2) is 9.72. The van der Waals surface area contributed by atoms with Gasteiger partial charge in [-0.3, -0.25) is 9.59 Å². The molecule has 0 aliphatic rings. The van der Waals surface area contributed by atoms with Crippen LogP contribution in [0.4, 0.5) is 4.39 Å². The van der Waals surface area contributed by atoms with Gasteiger partial charge in [0.25, 0.3) is 0 Å². The smallest absolute Gasteiger partial charge is 0.307 e. The number of nitrogens with one attached hydrogen (secondary N) is 1. The van der Waals surface area contributed by atoms with Crippen molar-refractivity contribution in [3.05, 3.63) is 59.4 Å². The first-order valence-corrected chi connectivity index (χ1v) is 8.98. The van der Waals surface area contributed by atoms with Crippen molar-refractivity contribution in [3.8, 4) is 5.75 Å². The van der Waals surface area contributed by atoms with E-state index in [-0.39, 0.29) is 23.9 Å². The van der Waals surface area contributed by atoms with Crippen LogP contribution in [0.15, 0.2) is 52.5 Å². The van der Waals surface area contributed by atoms with Crippen LogP contribution >= 0.6 is 11.8 Å². The number of rotatable bonds is 8. The van der Waals surface area contributed by atoms with Crippen molar-refractivity contribution in [3.63, 3.8) is 0 Å². The first-order chi connectivity index (χ1) is 12.9. The Kier molecular flexibility index (Phi) is 7.36. The van der Waals surface area contributed by atoms with Gasteiger partial charge < -0.3 is 9.84 Å². The van der Waals surface area contributed by atoms with Gasteiger partial charge in [0.2, 0.25) is 5.91 Å². The van der Waals surface area contributed by atoms with Crippen molar-refractivity contribution in [1.82, 2.24) is 5.43 Å². The third-order valence-corrected chi connectivity index (χ3v) is 4.63. The molecule has 0 bridgehead atoms. The summed E-state index contributed by atoms with van der Waals surface area (Å²) in [6, 6.07) is 11.3. The Labute approximate surface area is 160 Å². The lowest BCUT2D eigenvalue weighted by Crippen LogP contribution is -2.21. The molecule has 0 saturated heterocycles. The van der Waals surface area contributed by atoms with Crippen molar-refractivity contribution in [2.45, 2.75) is 18.2 Å². The normalized spacial score (nSPS) is 11.1. The molecule has 0 aromatic heterocycles. The molecule has 0 aliphatic heterocycles. The van der Waals surface area contributed by atoms with E-state index in [0.717, 1.165) is 11.8 Å². The number of benzene rings is 2. The van der Waals surface area contributed by atoms with Gasteiger partial charge in [0.15, 0.2) is 0 Å². The maximum atomic E-state index is 13.5. The number of carbonyl (C=O) groups excluding carboxylic acids is 1. The molecular weight excluding hydrogens is 371 g/mol. The zero-order chi connectivity index (χ0) is 19.8. The molecule has 0 aliphatic carbocycles. The summed E-state index contributed by atoms with van der Waals surface area (Å²) in [5, 5.41) is 13.0. The largest absolute Gasteiger partial charge is 0.496 e. The highest BCUT2D eigenvalue weighted by Gasteiger charge is 2.11. The van der Waals surface area contributed by atoms with Gasteiger partial charge in [-0.15, -0.1) is 11.8 Å². The maximum Gasteiger partial charge on any atom is 0.307 e. The predicted octanol–water partition coefficient (Wildman–Crippen LogP) is 3.09. The van der Waals surface area contributed by atoms with E-state index < -0.39 is 5.97 Å². The monoisotopic (exact) mass is 390 g/mol. The number of halogens is 1. The Bertz CT molecular complexity index is 871. The fraction of sp³-hybridized carbons (Fsp3) is 0.211. The van der Waals surface area contributed by atoms with E-state index in [0.29, 0.717) is 27.5 Å². The number of carboxylic acids is 1. The molecule has 27 heavy (non-hydrogen) atoms. The number of ether oxygens (including phenoxy) is 1. The van der Waals surface area contributed by atoms with Crippen molar-refractivity contribution >= 4 is 29.4 Å². The van der Waals surface area contributed by atoms with Gasteiger partial charge in [0.1, 0.15) is 11.6 Å². The standard InChI is InChI=1S/C19H19FN2O4S/c1-12(13-7-8-16(26-2)14(9-13)10-19(24)25)21-22-18(23)11-27-17-6-4-3-5-15(17)20/h3-9H,10-11H2,1-2H3,(H,22,23)(H,24,25)/b21-12-. The number of aliphatic carboxylic acids is 1. The molecule has 0 fully saturated rings. The van der Waals surface area contributed by atoms with Crippen LogP contribution in [0.2, 0.25) is 0 Å². The number of hydrogen-bond acceptors (Lipinski definition) is 5. The molecule has 2 aromatic carbocycles. The Balaban J connectivity index is 2.01. The van der Waals surface area contributed by atoms with Crippen LogP contribution in [-0.2, 0) is 16.0 Å². The fourth-order valence-electron chi connectivity index (χ4n) is 2.25. The summed E-state index contributed by atoms with van der Waals surface area (Å²) in [4.78, 5) is 23.3. The van der Waals surface area contributed by atoms with Gasteiger partial charge in [0, 0.05) is 10.5 Å². The highest BCUT2D eigenvalue weighted by molar-refractivity contribution is 8.00. The summed E-state index contributed by atoms with van der Waals surface area (Å²) >= 11 is 1.08. The van der Waals surface area contributed by atoms with Crippen LogP contribution < -0.4 is 10.2 Å². The number of methoxy groups -OCH3 is 1. The molecule has 0 heterocycles. The summed E-state index contributed by atoms with van der Waals surface area (Å²) in [5.41, 5.74) is 4.10. The molecule has 2 aromatic rings. The molecule has 142 valence electrons. The summed E-state index contributed by atoms with van der Waals surface area (Å²) in [6.07, 6.45) is -0.185. The number of hydrazone groups is 1. The summed E-state index contributed by atoms with van der Waals surface area (Å²) in [7, 11) is 1.47. The van der Waals surface area contributed by atoms with E-state index >= 15 is 0 Å².